The molecule has 0 spiro atoms. The smallest absolute Gasteiger partial charge is 0.291 e. The highest BCUT2D eigenvalue weighted by molar-refractivity contribution is 5.97. The van der Waals surface area contributed by atoms with Gasteiger partial charge in [-0.15, -0.1) is 0 Å². The van der Waals surface area contributed by atoms with Crippen molar-refractivity contribution in [1.82, 2.24) is 5.16 Å². The molecule has 4 rings (SSSR count). The topological polar surface area (TPSA) is 50.8 Å². The van der Waals surface area contributed by atoms with Gasteiger partial charge in [-0.05, 0) is 13.8 Å². The summed E-state index contributed by atoms with van der Waals surface area (Å²) >= 11 is 0. The number of aryl methyl sites for hydroxylation is 2. The largest absolute Gasteiger partial charge is 0.360 e. The lowest BCUT2D eigenvalue weighted by Gasteiger charge is -2.24. The average molecular weight is 298 g/mol. The molecule has 0 aliphatic carbocycles. The minimum absolute atomic E-state index is 0.00472. The molecule has 1 amide bonds. The Balaban J connectivity index is 1.80. The monoisotopic (exact) mass is 298 g/mol. The van der Waals surface area contributed by atoms with E-state index in [0.29, 0.717) is 5.82 Å². The van der Waals surface area contributed by atoms with Crippen molar-refractivity contribution >= 4 is 11.7 Å². The Hall–Kier alpha value is -2.14. The van der Waals surface area contributed by atoms with Gasteiger partial charge in [-0.2, -0.15) is 0 Å². The molecule has 2 aromatic rings. The van der Waals surface area contributed by atoms with E-state index in [4.69, 9.17) is 4.52 Å². The molecule has 22 heavy (non-hydrogen) atoms. The summed E-state index contributed by atoms with van der Waals surface area (Å²) in [6.07, 6.45) is 2.08. The van der Waals surface area contributed by atoms with Crippen LogP contribution >= 0.6 is 0 Å². The first-order chi connectivity index (χ1) is 10.6. The van der Waals surface area contributed by atoms with Crippen molar-refractivity contribution in [3.05, 3.63) is 47.2 Å². The van der Waals surface area contributed by atoms with Gasteiger partial charge in [-0.3, -0.25) is 4.79 Å². The lowest BCUT2D eigenvalue weighted by atomic mass is 10.1. The number of hydrogen-bond donors (Lipinski definition) is 1. The summed E-state index contributed by atoms with van der Waals surface area (Å²) in [5.74, 6) is 1.54. The summed E-state index contributed by atoms with van der Waals surface area (Å²) < 4.78 is 5.20. The maximum atomic E-state index is 12.9. The van der Waals surface area contributed by atoms with Gasteiger partial charge in [0.2, 0.25) is 0 Å². The minimum Gasteiger partial charge on any atom is -0.360 e. The lowest BCUT2D eigenvalue weighted by molar-refractivity contribution is -0.924. The van der Waals surface area contributed by atoms with Crippen molar-refractivity contribution in [2.75, 3.05) is 11.4 Å². The molecule has 5 heteroatoms. The van der Waals surface area contributed by atoms with Crippen molar-refractivity contribution in [2.24, 2.45) is 0 Å². The van der Waals surface area contributed by atoms with E-state index in [9.17, 15) is 4.79 Å². The Labute approximate surface area is 129 Å². The number of hydrogen-bond acceptors (Lipinski definition) is 3. The number of amides is 1. The van der Waals surface area contributed by atoms with Gasteiger partial charge >= 0.3 is 0 Å². The van der Waals surface area contributed by atoms with Gasteiger partial charge in [-0.1, -0.05) is 35.0 Å². The van der Waals surface area contributed by atoms with E-state index in [1.165, 1.54) is 16.0 Å². The number of quaternary nitrogens is 1. The van der Waals surface area contributed by atoms with Crippen LogP contribution in [0.3, 0.4) is 0 Å². The number of nitrogens with zero attached hydrogens (tertiary/aromatic N) is 2. The van der Waals surface area contributed by atoms with Crippen LogP contribution in [0.1, 0.15) is 35.9 Å². The normalized spacial score (nSPS) is 27.5. The zero-order valence-corrected chi connectivity index (χ0v) is 12.9. The van der Waals surface area contributed by atoms with Crippen molar-refractivity contribution in [3.8, 4) is 0 Å². The predicted octanol–water partition coefficient (Wildman–Crippen LogP) is 1.38. The highest BCUT2D eigenvalue weighted by Gasteiger charge is 2.54. The van der Waals surface area contributed by atoms with Gasteiger partial charge in [0.25, 0.3) is 5.91 Å². The quantitative estimate of drug-likeness (QED) is 0.911. The minimum atomic E-state index is 0.00472. The molecule has 2 fully saturated rings. The van der Waals surface area contributed by atoms with Crippen LogP contribution in [0.4, 0.5) is 5.82 Å². The standard InChI is InChI=1S/C17H19N3O2/c1-11-5-7-13(8-6-11)16-19-9-3-4-14(19)17(21)20(16)15-10-12(2)22-18-15/h5-8,10,14,16H,3-4,9H2,1-2H3/p+1. The number of carbonyl (C=O) groups excluding carboxylic acids is 1. The first-order valence-electron chi connectivity index (χ1n) is 7.84. The molecule has 0 radical (unpaired) electrons. The van der Waals surface area contributed by atoms with Crippen molar-refractivity contribution in [2.45, 2.75) is 38.9 Å². The summed E-state index contributed by atoms with van der Waals surface area (Å²) in [6, 6.07) is 10.4. The van der Waals surface area contributed by atoms with E-state index in [1.54, 1.807) is 0 Å². The summed E-state index contributed by atoms with van der Waals surface area (Å²) in [4.78, 5) is 16.0. The van der Waals surface area contributed by atoms with Gasteiger partial charge in [0.05, 0.1) is 6.54 Å². The molecule has 2 aliphatic heterocycles. The van der Waals surface area contributed by atoms with Crippen LogP contribution in [0.5, 0.6) is 0 Å². The van der Waals surface area contributed by atoms with Gasteiger partial charge in [-0.25, -0.2) is 4.90 Å². The first-order valence-corrected chi connectivity index (χ1v) is 7.84. The molecule has 1 aromatic heterocycles. The number of aromatic nitrogens is 1. The Morgan fingerprint density at radius 3 is 2.73 bits per heavy atom. The number of nitrogens with one attached hydrogen (secondary N) is 1. The van der Waals surface area contributed by atoms with E-state index < -0.39 is 0 Å². The molecule has 3 heterocycles. The second kappa shape index (κ2) is 4.95. The van der Waals surface area contributed by atoms with Crippen LogP contribution in [-0.4, -0.2) is 23.7 Å². The van der Waals surface area contributed by atoms with Crippen molar-refractivity contribution in [3.63, 3.8) is 0 Å². The fourth-order valence-corrected chi connectivity index (χ4v) is 3.76. The SMILES string of the molecule is Cc1ccc(C2N(c3cc(C)on3)C(=O)C3CCC[NH+]32)cc1. The number of fused-ring (bicyclic) bond motifs is 1. The highest BCUT2D eigenvalue weighted by atomic mass is 16.5. The second-order valence-corrected chi connectivity index (χ2v) is 6.34. The number of rotatable bonds is 2. The molecule has 0 bridgehead atoms. The third kappa shape index (κ3) is 1.96. The molecule has 3 atom stereocenters. The van der Waals surface area contributed by atoms with Crippen LogP contribution in [0.2, 0.25) is 0 Å². The van der Waals surface area contributed by atoms with Crippen LogP contribution in [-0.2, 0) is 4.79 Å². The predicted molar refractivity (Wildman–Crippen MR) is 81.5 cm³/mol. The summed E-state index contributed by atoms with van der Waals surface area (Å²) in [7, 11) is 0. The molecule has 3 unspecified atom stereocenters. The average Bonchev–Trinajstić information content (AvgIpc) is 3.18. The highest BCUT2D eigenvalue weighted by Crippen LogP contribution is 2.30. The molecular weight excluding hydrogens is 278 g/mol. The summed E-state index contributed by atoms with van der Waals surface area (Å²) in [5.41, 5.74) is 2.39. The summed E-state index contributed by atoms with van der Waals surface area (Å²) in [6.45, 7) is 4.96. The third-order valence-corrected chi connectivity index (χ3v) is 4.81. The second-order valence-electron chi connectivity index (χ2n) is 6.34. The molecule has 5 nitrogen and oxygen atoms in total. The molecule has 114 valence electrons. The zero-order chi connectivity index (χ0) is 15.3. The van der Waals surface area contributed by atoms with E-state index in [2.05, 4.69) is 36.3 Å². The van der Waals surface area contributed by atoms with Crippen LogP contribution in [0.15, 0.2) is 34.9 Å². The number of carbonyl (C=O) groups is 1. The Kier molecular flexibility index (Phi) is 3.04. The van der Waals surface area contributed by atoms with Crippen LogP contribution in [0, 0.1) is 13.8 Å². The fourth-order valence-electron chi connectivity index (χ4n) is 3.76. The summed E-state index contributed by atoms with van der Waals surface area (Å²) in [5, 5.41) is 4.09. The van der Waals surface area contributed by atoms with Crippen LogP contribution < -0.4 is 9.80 Å². The number of benzene rings is 1. The molecule has 1 aromatic carbocycles. The maximum absolute atomic E-state index is 12.9. The lowest BCUT2D eigenvalue weighted by Crippen LogP contribution is -3.12. The molecule has 2 aliphatic rings. The Morgan fingerprint density at radius 2 is 2.05 bits per heavy atom. The van der Waals surface area contributed by atoms with Gasteiger partial charge in [0, 0.05) is 24.5 Å². The zero-order valence-electron chi connectivity index (χ0n) is 12.9. The van der Waals surface area contributed by atoms with E-state index >= 15 is 0 Å². The number of anilines is 1. The maximum Gasteiger partial charge on any atom is 0.291 e. The van der Waals surface area contributed by atoms with Gasteiger partial charge in [0.1, 0.15) is 5.76 Å². The first kappa shape index (κ1) is 13.5. The molecular formula is C17H20N3O2+. The van der Waals surface area contributed by atoms with Crippen molar-refractivity contribution in [1.29, 1.82) is 0 Å². The Bertz CT molecular complexity index is 707. The van der Waals surface area contributed by atoms with Gasteiger partial charge in [0.15, 0.2) is 18.0 Å². The van der Waals surface area contributed by atoms with E-state index in [1.807, 2.05) is 17.9 Å². The third-order valence-electron chi connectivity index (χ3n) is 4.81. The Morgan fingerprint density at radius 1 is 1.27 bits per heavy atom. The molecule has 0 saturated carbocycles. The van der Waals surface area contributed by atoms with E-state index in [0.717, 1.165) is 25.1 Å². The molecule has 1 N–H and O–H groups in total. The van der Waals surface area contributed by atoms with Crippen molar-refractivity contribution < 1.29 is 14.2 Å². The van der Waals surface area contributed by atoms with Crippen LogP contribution in [0.25, 0.3) is 0 Å². The van der Waals surface area contributed by atoms with Gasteiger partial charge < -0.3 is 9.42 Å². The van der Waals surface area contributed by atoms with E-state index in [-0.39, 0.29) is 18.1 Å². The fraction of sp³-hybridized carbons (Fsp3) is 0.412. The molecule has 2 saturated heterocycles.